The molecule has 1 aliphatic rings. The molecule has 3 rings (SSSR count). The Hall–Kier alpha value is -2.46. The van der Waals surface area contributed by atoms with Crippen LogP contribution in [0.3, 0.4) is 0 Å². The summed E-state index contributed by atoms with van der Waals surface area (Å²) in [7, 11) is 0. The third kappa shape index (κ3) is 5.37. The van der Waals surface area contributed by atoms with Gasteiger partial charge in [0, 0.05) is 18.2 Å². The molecule has 0 aromatic heterocycles. The monoisotopic (exact) mass is 406 g/mol. The fourth-order valence-corrected chi connectivity index (χ4v) is 4.53. The Balaban J connectivity index is 1.64. The molecule has 4 nitrogen and oxygen atoms in total. The van der Waals surface area contributed by atoms with Gasteiger partial charge in [-0.3, -0.25) is 9.59 Å². The molecule has 0 fully saturated rings. The molecule has 0 heterocycles. The maximum absolute atomic E-state index is 12.6. The molecule has 0 spiro atoms. The van der Waals surface area contributed by atoms with E-state index in [4.69, 9.17) is 0 Å². The van der Waals surface area contributed by atoms with E-state index in [1.165, 1.54) is 50.4 Å². The maximum atomic E-state index is 12.6. The third-order valence-electron chi connectivity index (χ3n) is 6.02. The summed E-state index contributed by atoms with van der Waals surface area (Å²) in [5.74, 6) is -0.294. The Morgan fingerprint density at radius 2 is 1.70 bits per heavy atom. The molecule has 0 radical (unpaired) electrons. The Bertz CT molecular complexity index is 884. The van der Waals surface area contributed by atoms with Crippen molar-refractivity contribution >= 4 is 11.7 Å². The number of carbonyl (C=O) groups is 2. The van der Waals surface area contributed by atoms with Gasteiger partial charge in [0.2, 0.25) is 0 Å². The molecule has 0 bridgehead atoms. The van der Waals surface area contributed by atoms with Crippen LogP contribution in [0.2, 0.25) is 0 Å². The lowest BCUT2D eigenvalue weighted by atomic mass is 9.86. The van der Waals surface area contributed by atoms with E-state index >= 15 is 0 Å². The highest BCUT2D eigenvalue weighted by atomic mass is 16.2. The second-order valence-corrected chi connectivity index (χ2v) is 8.32. The molecule has 2 aromatic carbocycles. The number of amides is 1. The van der Waals surface area contributed by atoms with E-state index in [-0.39, 0.29) is 11.7 Å². The predicted molar refractivity (Wildman–Crippen MR) is 122 cm³/mol. The lowest BCUT2D eigenvalue weighted by Gasteiger charge is -2.35. The van der Waals surface area contributed by atoms with Crippen molar-refractivity contribution in [2.75, 3.05) is 13.1 Å². The number of Topliss-reactive ketones (excluding diaryl/α,β-unsaturated/α-hetero) is 1. The minimum Gasteiger partial charge on any atom is -0.348 e. The Morgan fingerprint density at radius 1 is 1.00 bits per heavy atom. The quantitative estimate of drug-likeness (QED) is 0.609. The Kier molecular flexibility index (Phi) is 7.81. The summed E-state index contributed by atoms with van der Waals surface area (Å²) in [5, 5.41) is 2.98. The van der Waals surface area contributed by atoms with E-state index < -0.39 is 0 Å². The van der Waals surface area contributed by atoms with Crippen LogP contribution in [0.25, 0.3) is 0 Å². The van der Waals surface area contributed by atoms with Crippen molar-refractivity contribution in [2.24, 2.45) is 0 Å². The van der Waals surface area contributed by atoms with Crippen LogP contribution < -0.4 is 5.32 Å². The first-order valence-corrected chi connectivity index (χ1v) is 11.3. The number of hydrogen-bond acceptors (Lipinski definition) is 3. The van der Waals surface area contributed by atoms with Gasteiger partial charge in [-0.05, 0) is 74.9 Å². The van der Waals surface area contributed by atoms with Crippen LogP contribution in [0.15, 0.2) is 42.5 Å². The zero-order valence-corrected chi connectivity index (χ0v) is 18.5. The number of benzene rings is 2. The summed E-state index contributed by atoms with van der Waals surface area (Å²) in [4.78, 5) is 27.0. The fraction of sp³-hybridized carbons (Fsp3) is 0.462. The molecule has 1 amide bonds. The SMILES string of the molecule is CCCN(CCC)[C@@H]1CCc2cc(CNC(=O)c3ccccc3C(C)=O)ccc2C1. The largest absolute Gasteiger partial charge is 0.348 e. The smallest absolute Gasteiger partial charge is 0.252 e. The third-order valence-corrected chi connectivity index (χ3v) is 6.02. The standard InChI is InChI=1S/C26H34N2O2/c1-4-14-28(15-5-2)23-13-12-21-16-20(10-11-22(21)17-23)18-27-26(30)25-9-7-6-8-24(25)19(3)29/h6-11,16,23H,4-5,12-15,17-18H2,1-3H3,(H,27,30)/t23-/m1/s1. The minimum atomic E-state index is -0.201. The second kappa shape index (κ2) is 10.5. The van der Waals surface area contributed by atoms with E-state index in [2.05, 4.69) is 42.3 Å². The number of rotatable bonds is 9. The van der Waals surface area contributed by atoms with Gasteiger partial charge >= 0.3 is 0 Å². The molecular weight excluding hydrogens is 372 g/mol. The number of carbonyl (C=O) groups excluding carboxylic acids is 2. The zero-order valence-electron chi connectivity index (χ0n) is 18.5. The summed E-state index contributed by atoms with van der Waals surface area (Å²) in [5.41, 5.74) is 4.88. The van der Waals surface area contributed by atoms with Crippen LogP contribution in [0.5, 0.6) is 0 Å². The van der Waals surface area contributed by atoms with E-state index in [9.17, 15) is 9.59 Å². The van der Waals surface area contributed by atoms with Crippen LogP contribution in [0.4, 0.5) is 0 Å². The fourth-order valence-electron chi connectivity index (χ4n) is 4.53. The van der Waals surface area contributed by atoms with E-state index in [0.29, 0.717) is 23.7 Å². The number of aryl methyl sites for hydroxylation is 1. The molecule has 0 unspecified atom stereocenters. The average molecular weight is 407 g/mol. The molecule has 4 heteroatoms. The first kappa shape index (κ1) is 22.2. The predicted octanol–water partition coefficient (Wildman–Crippen LogP) is 4.80. The van der Waals surface area contributed by atoms with Crippen molar-refractivity contribution in [3.8, 4) is 0 Å². The molecule has 2 aromatic rings. The summed E-state index contributed by atoms with van der Waals surface area (Å²) in [6.07, 6.45) is 5.82. The van der Waals surface area contributed by atoms with Crippen LogP contribution in [-0.2, 0) is 19.4 Å². The summed E-state index contributed by atoms with van der Waals surface area (Å²) in [6.45, 7) is 8.84. The minimum absolute atomic E-state index is 0.0933. The van der Waals surface area contributed by atoms with Crippen LogP contribution in [0.1, 0.15) is 77.4 Å². The Morgan fingerprint density at radius 3 is 2.37 bits per heavy atom. The average Bonchev–Trinajstić information content (AvgIpc) is 2.76. The Labute approximate surface area is 180 Å². The number of nitrogens with zero attached hydrogens (tertiary/aromatic N) is 1. The van der Waals surface area contributed by atoms with Gasteiger partial charge in [0.05, 0.1) is 5.56 Å². The van der Waals surface area contributed by atoms with Gasteiger partial charge in [0.15, 0.2) is 5.78 Å². The molecule has 0 saturated carbocycles. The number of ketones is 1. The lowest BCUT2D eigenvalue weighted by molar-refractivity contribution is 0.0936. The van der Waals surface area contributed by atoms with E-state index in [0.717, 1.165) is 18.4 Å². The zero-order chi connectivity index (χ0) is 21.5. The molecule has 0 aliphatic heterocycles. The first-order chi connectivity index (χ1) is 14.5. The van der Waals surface area contributed by atoms with Crippen LogP contribution in [0, 0.1) is 0 Å². The van der Waals surface area contributed by atoms with Gasteiger partial charge in [0.1, 0.15) is 0 Å². The maximum Gasteiger partial charge on any atom is 0.252 e. The van der Waals surface area contributed by atoms with Crippen molar-refractivity contribution < 1.29 is 9.59 Å². The number of hydrogen-bond donors (Lipinski definition) is 1. The van der Waals surface area contributed by atoms with Gasteiger partial charge in [0.25, 0.3) is 5.91 Å². The van der Waals surface area contributed by atoms with E-state index in [1.807, 2.05) is 0 Å². The van der Waals surface area contributed by atoms with Gasteiger partial charge in [-0.15, -0.1) is 0 Å². The highest BCUT2D eigenvalue weighted by Crippen LogP contribution is 2.26. The van der Waals surface area contributed by atoms with Crippen LogP contribution in [-0.4, -0.2) is 35.7 Å². The molecule has 30 heavy (non-hydrogen) atoms. The van der Waals surface area contributed by atoms with Gasteiger partial charge in [-0.1, -0.05) is 50.2 Å². The number of fused-ring (bicyclic) bond motifs is 1. The molecule has 1 N–H and O–H groups in total. The highest BCUT2D eigenvalue weighted by molar-refractivity contribution is 6.07. The van der Waals surface area contributed by atoms with Crippen molar-refractivity contribution in [1.29, 1.82) is 0 Å². The highest BCUT2D eigenvalue weighted by Gasteiger charge is 2.23. The lowest BCUT2D eigenvalue weighted by Crippen LogP contribution is -2.40. The van der Waals surface area contributed by atoms with Crippen molar-refractivity contribution in [2.45, 2.75) is 65.5 Å². The van der Waals surface area contributed by atoms with Crippen molar-refractivity contribution in [1.82, 2.24) is 10.2 Å². The summed E-state index contributed by atoms with van der Waals surface area (Å²) in [6, 6.07) is 14.2. The molecule has 1 aliphatic carbocycles. The van der Waals surface area contributed by atoms with Crippen molar-refractivity contribution in [3.05, 3.63) is 70.3 Å². The number of nitrogens with one attached hydrogen (secondary N) is 1. The topological polar surface area (TPSA) is 49.4 Å². The normalized spacial score (nSPS) is 15.7. The van der Waals surface area contributed by atoms with Gasteiger partial charge in [-0.25, -0.2) is 0 Å². The molecule has 0 saturated heterocycles. The van der Waals surface area contributed by atoms with Crippen molar-refractivity contribution in [3.63, 3.8) is 0 Å². The first-order valence-electron chi connectivity index (χ1n) is 11.3. The molecule has 1 atom stereocenters. The second-order valence-electron chi connectivity index (χ2n) is 8.32. The van der Waals surface area contributed by atoms with Crippen LogP contribution >= 0.6 is 0 Å². The summed E-state index contributed by atoms with van der Waals surface area (Å²) >= 11 is 0. The molecule has 160 valence electrons. The summed E-state index contributed by atoms with van der Waals surface area (Å²) < 4.78 is 0. The van der Waals surface area contributed by atoms with E-state index in [1.54, 1.807) is 24.3 Å². The molecular formula is C26H34N2O2. The van der Waals surface area contributed by atoms with Gasteiger partial charge < -0.3 is 10.2 Å². The van der Waals surface area contributed by atoms with Gasteiger partial charge in [-0.2, -0.15) is 0 Å².